The van der Waals surface area contributed by atoms with Crippen LogP contribution < -0.4 is 10.6 Å². The number of nitrogens with one attached hydrogen (secondary N) is 2. The number of nitrogens with zero attached hydrogens (tertiary/aromatic N) is 1. The smallest absolute Gasteiger partial charge is 0.408 e. The minimum atomic E-state index is -1.01. The first-order valence-corrected chi connectivity index (χ1v) is 14.4. The Labute approximate surface area is 248 Å². The molecule has 0 saturated heterocycles. The molecule has 1 fully saturated rings. The molecular formula is C33H43N3O6. The quantitative estimate of drug-likeness (QED) is 0.330. The van der Waals surface area contributed by atoms with Crippen molar-refractivity contribution in [1.29, 1.82) is 0 Å². The molecule has 9 nitrogen and oxygen atoms in total. The number of carbonyl (C=O) groups excluding carboxylic acids is 4. The summed E-state index contributed by atoms with van der Waals surface area (Å²) in [6.07, 6.45) is 1.88. The topological polar surface area (TPSA) is 114 Å². The van der Waals surface area contributed by atoms with Gasteiger partial charge in [-0.2, -0.15) is 0 Å². The number of rotatable bonds is 13. The summed E-state index contributed by atoms with van der Waals surface area (Å²) in [5.41, 5.74) is 1.48. The first-order chi connectivity index (χ1) is 19.9. The predicted molar refractivity (Wildman–Crippen MR) is 161 cm³/mol. The maximum atomic E-state index is 14.5. The van der Waals surface area contributed by atoms with Crippen LogP contribution in [0.5, 0.6) is 0 Å². The minimum absolute atomic E-state index is 0.00358. The molecule has 3 amide bonds. The Bertz CT molecular complexity index is 1260. The maximum Gasteiger partial charge on any atom is 0.408 e. The molecule has 2 aromatic carbocycles. The van der Waals surface area contributed by atoms with Gasteiger partial charge in [0.1, 0.15) is 17.7 Å². The van der Waals surface area contributed by atoms with Gasteiger partial charge in [-0.15, -0.1) is 0 Å². The van der Waals surface area contributed by atoms with Crippen molar-refractivity contribution in [2.45, 2.75) is 77.6 Å². The van der Waals surface area contributed by atoms with E-state index in [2.05, 4.69) is 17.2 Å². The van der Waals surface area contributed by atoms with Gasteiger partial charge in [-0.1, -0.05) is 68.1 Å². The van der Waals surface area contributed by atoms with Gasteiger partial charge < -0.3 is 25.0 Å². The first kappa shape index (κ1) is 32.4. The van der Waals surface area contributed by atoms with Crippen molar-refractivity contribution >= 4 is 30.0 Å². The summed E-state index contributed by atoms with van der Waals surface area (Å²) in [6.45, 7) is 13.1. The van der Waals surface area contributed by atoms with Crippen LogP contribution in [-0.2, 0) is 30.3 Å². The molecule has 1 aliphatic carbocycles. The second kappa shape index (κ2) is 14.7. The van der Waals surface area contributed by atoms with E-state index in [9.17, 15) is 19.2 Å². The molecule has 1 aliphatic rings. The molecule has 0 heterocycles. The lowest BCUT2D eigenvalue weighted by Crippen LogP contribution is -2.54. The van der Waals surface area contributed by atoms with Gasteiger partial charge in [0.15, 0.2) is 0 Å². The molecular weight excluding hydrogens is 534 g/mol. The monoisotopic (exact) mass is 577 g/mol. The molecule has 3 rings (SSSR count). The van der Waals surface area contributed by atoms with Crippen LogP contribution in [0.3, 0.4) is 0 Å². The van der Waals surface area contributed by atoms with Gasteiger partial charge in [0.2, 0.25) is 11.8 Å². The average Bonchev–Trinajstić information content (AvgIpc) is 3.66. The molecule has 9 heteroatoms. The summed E-state index contributed by atoms with van der Waals surface area (Å²) in [4.78, 5) is 54.8. The molecule has 0 bridgehead atoms. The Morgan fingerprint density at radius 2 is 1.79 bits per heavy atom. The van der Waals surface area contributed by atoms with Gasteiger partial charge >= 0.3 is 12.1 Å². The molecule has 4 atom stereocenters. The average molecular weight is 578 g/mol. The molecule has 0 radical (unpaired) electrons. The molecule has 0 aromatic heterocycles. The highest BCUT2D eigenvalue weighted by atomic mass is 16.6. The van der Waals surface area contributed by atoms with Crippen LogP contribution in [0.25, 0.3) is 6.08 Å². The molecule has 4 unspecified atom stereocenters. The third-order valence-electron chi connectivity index (χ3n) is 6.87. The number of amides is 3. The largest absolute Gasteiger partial charge is 0.466 e. The summed E-state index contributed by atoms with van der Waals surface area (Å²) in [6, 6.07) is 14.4. The van der Waals surface area contributed by atoms with Crippen LogP contribution >= 0.6 is 0 Å². The Kier molecular flexibility index (Phi) is 11.3. The van der Waals surface area contributed by atoms with Crippen molar-refractivity contribution in [2.75, 3.05) is 13.2 Å². The highest BCUT2D eigenvalue weighted by molar-refractivity contribution is 5.93. The first-order valence-electron chi connectivity index (χ1n) is 14.4. The van der Waals surface area contributed by atoms with E-state index in [1.165, 1.54) is 0 Å². The molecule has 2 aromatic rings. The third kappa shape index (κ3) is 9.46. The predicted octanol–water partition coefficient (Wildman–Crippen LogP) is 4.81. The highest BCUT2D eigenvalue weighted by Crippen LogP contribution is 2.41. The number of carbonyl (C=O) groups is 4. The Morgan fingerprint density at radius 3 is 2.38 bits per heavy atom. The normalized spacial score (nSPS) is 17.3. The van der Waals surface area contributed by atoms with E-state index in [0.717, 1.165) is 11.1 Å². The van der Waals surface area contributed by atoms with Gasteiger partial charge in [0.25, 0.3) is 0 Å². The molecule has 0 spiro atoms. The Balaban J connectivity index is 2.00. The molecule has 2 N–H and O–H groups in total. The number of esters is 1. The van der Waals surface area contributed by atoms with E-state index in [4.69, 9.17) is 9.47 Å². The molecule has 226 valence electrons. The summed E-state index contributed by atoms with van der Waals surface area (Å²) in [5, 5.41) is 5.61. The number of hydrogen-bond donors (Lipinski definition) is 2. The Morgan fingerprint density at radius 1 is 1.10 bits per heavy atom. The fraction of sp³-hybridized carbons (Fsp3) is 0.455. The van der Waals surface area contributed by atoms with E-state index in [-0.39, 0.29) is 38.0 Å². The van der Waals surface area contributed by atoms with E-state index in [0.29, 0.717) is 12.0 Å². The van der Waals surface area contributed by atoms with Crippen LogP contribution in [0.2, 0.25) is 0 Å². The van der Waals surface area contributed by atoms with Crippen LogP contribution in [0.15, 0.2) is 61.2 Å². The zero-order valence-electron chi connectivity index (χ0n) is 25.2. The zero-order chi connectivity index (χ0) is 30.9. The minimum Gasteiger partial charge on any atom is -0.466 e. The van der Waals surface area contributed by atoms with Crippen LogP contribution in [-0.4, -0.2) is 59.6 Å². The van der Waals surface area contributed by atoms with Crippen molar-refractivity contribution in [1.82, 2.24) is 15.5 Å². The summed E-state index contributed by atoms with van der Waals surface area (Å²) < 4.78 is 10.5. The number of alkyl carbamates (subject to hydrolysis) is 1. The summed E-state index contributed by atoms with van der Waals surface area (Å²) >= 11 is 0. The summed E-state index contributed by atoms with van der Waals surface area (Å²) in [7, 11) is 0. The fourth-order valence-corrected chi connectivity index (χ4v) is 4.76. The van der Waals surface area contributed by atoms with Crippen LogP contribution in [0.1, 0.15) is 70.2 Å². The molecule has 0 aliphatic heterocycles. The highest BCUT2D eigenvalue weighted by Gasteiger charge is 2.48. The SMILES string of the molecule is C=Cc1cccc(C(C(=O)NCCC(=O)OCC)N(C(=O)C(Cc2ccccc2)NC(=O)OC(C)(C)C)C2CC2C)c1. The number of benzene rings is 2. The van der Waals surface area contributed by atoms with Gasteiger partial charge in [-0.3, -0.25) is 14.4 Å². The zero-order valence-corrected chi connectivity index (χ0v) is 25.2. The lowest BCUT2D eigenvalue weighted by molar-refractivity contribution is -0.145. The van der Waals surface area contributed by atoms with Crippen LogP contribution in [0, 0.1) is 5.92 Å². The van der Waals surface area contributed by atoms with Crippen molar-refractivity contribution < 1.29 is 28.7 Å². The fourth-order valence-electron chi connectivity index (χ4n) is 4.76. The lowest BCUT2D eigenvalue weighted by Gasteiger charge is -2.35. The van der Waals surface area contributed by atoms with E-state index >= 15 is 0 Å². The van der Waals surface area contributed by atoms with E-state index in [1.54, 1.807) is 44.7 Å². The van der Waals surface area contributed by atoms with Crippen molar-refractivity contribution in [3.63, 3.8) is 0 Å². The Hall–Kier alpha value is -4.14. The van der Waals surface area contributed by atoms with Gasteiger partial charge in [0, 0.05) is 19.0 Å². The van der Waals surface area contributed by atoms with E-state index in [1.807, 2.05) is 55.5 Å². The number of hydrogen-bond acceptors (Lipinski definition) is 6. The van der Waals surface area contributed by atoms with Gasteiger partial charge in [0.05, 0.1) is 13.0 Å². The van der Waals surface area contributed by atoms with Crippen molar-refractivity contribution in [3.8, 4) is 0 Å². The molecule has 1 saturated carbocycles. The van der Waals surface area contributed by atoms with Crippen molar-refractivity contribution in [3.05, 3.63) is 77.9 Å². The maximum absolute atomic E-state index is 14.5. The lowest BCUT2D eigenvalue weighted by atomic mass is 9.98. The summed E-state index contributed by atoms with van der Waals surface area (Å²) in [5.74, 6) is -1.08. The van der Waals surface area contributed by atoms with Gasteiger partial charge in [-0.05, 0) is 62.8 Å². The van der Waals surface area contributed by atoms with Gasteiger partial charge in [-0.25, -0.2) is 4.79 Å². The second-order valence-electron chi connectivity index (χ2n) is 11.5. The van der Waals surface area contributed by atoms with Crippen molar-refractivity contribution in [2.24, 2.45) is 5.92 Å². The second-order valence-corrected chi connectivity index (χ2v) is 11.5. The third-order valence-corrected chi connectivity index (χ3v) is 6.87. The van der Waals surface area contributed by atoms with E-state index < -0.39 is 41.6 Å². The van der Waals surface area contributed by atoms with Crippen LogP contribution in [0.4, 0.5) is 4.79 Å². The number of ether oxygens (including phenoxy) is 2. The standard InChI is InChI=1S/C33H43N3O6/c1-7-23-15-12-16-25(20-23)29(30(38)34-18-17-28(37)41-8-2)36(27-19-22(27)3)31(39)26(21-24-13-10-9-11-14-24)35-32(40)42-33(4,5)6/h7,9-16,20,22,26-27,29H,1,8,17-19,21H2,2-6H3,(H,34,38)(H,35,40). The molecule has 42 heavy (non-hydrogen) atoms.